The number of carbonyl (C=O) groups is 1. The lowest BCUT2D eigenvalue weighted by atomic mass is 10.1. The molecule has 0 radical (unpaired) electrons. The summed E-state index contributed by atoms with van der Waals surface area (Å²) in [5, 5.41) is 6.03. The Labute approximate surface area is 119 Å². The highest BCUT2D eigenvalue weighted by Gasteiger charge is 2.35. The fourth-order valence-electron chi connectivity index (χ4n) is 1.49. The zero-order valence-corrected chi connectivity index (χ0v) is 13.3. The molecule has 0 fully saturated rings. The van der Waals surface area contributed by atoms with Crippen molar-refractivity contribution >= 4 is 21.0 Å². The molecule has 0 spiro atoms. The molecule has 1 aliphatic heterocycles. The first-order chi connectivity index (χ1) is 8.91. The van der Waals surface area contributed by atoms with E-state index in [1.165, 1.54) is 0 Å². The lowest BCUT2D eigenvalue weighted by molar-refractivity contribution is 0.0123. The van der Waals surface area contributed by atoms with Gasteiger partial charge in [-0.15, -0.1) is 0 Å². The van der Waals surface area contributed by atoms with Crippen molar-refractivity contribution in [3.63, 3.8) is 0 Å². The second kappa shape index (κ2) is 5.59. The van der Waals surface area contributed by atoms with Gasteiger partial charge >= 0.3 is 6.09 Å². The molecule has 0 saturated carbocycles. The number of amides is 1. The number of carbonyl (C=O) groups excluding carboxylic acids is 1. The van der Waals surface area contributed by atoms with Crippen molar-refractivity contribution in [3.8, 4) is 0 Å². The van der Waals surface area contributed by atoms with Crippen LogP contribution in [0.25, 0.3) is 0 Å². The van der Waals surface area contributed by atoms with E-state index in [1.807, 2.05) is 0 Å². The number of alkyl carbamates (subject to hydrolysis) is 1. The summed E-state index contributed by atoms with van der Waals surface area (Å²) in [5.74, 6) is -0.232. The van der Waals surface area contributed by atoms with E-state index in [-0.39, 0.29) is 23.8 Å². The average molecular weight is 306 g/mol. The van der Waals surface area contributed by atoms with Crippen molar-refractivity contribution in [2.75, 3.05) is 12.3 Å². The Balaban J connectivity index is 2.44. The molecule has 0 unspecified atom stereocenters. The van der Waals surface area contributed by atoms with Crippen molar-refractivity contribution in [1.82, 2.24) is 5.32 Å². The molecule has 0 aromatic carbocycles. The Hall–Kier alpha value is -1.31. The van der Waals surface area contributed by atoms with E-state index < -0.39 is 27.1 Å². The van der Waals surface area contributed by atoms with Gasteiger partial charge in [0.25, 0.3) is 0 Å². The number of hydrogen-bond acceptors (Lipinski definition) is 6. The van der Waals surface area contributed by atoms with Crippen LogP contribution >= 0.6 is 0 Å². The number of ether oxygens (including phenoxy) is 1. The van der Waals surface area contributed by atoms with Gasteiger partial charge in [0, 0.05) is 13.0 Å². The maximum atomic E-state index is 12.0. The summed E-state index contributed by atoms with van der Waals surface area (Å²) in [6, 6.07) is 0. The Morgan fingerprint density at radius 1 is 1.45 bits per heavy atom. The number of oxime groups is 1. The Morgan fingerprint density at radius 3 is 2.50 bits per heavy atom. The van der Waals surface area contributed by atoms with E-state index in [0.29, 0.717) is 0 Å². The predicted octanol–water partition coefficient (Wildman–Crippen LogP) is 1.44. The van der Waals surface area contributed by atoms with Gasteiger partial charge in [-0.3, -0.25) is 0 Å². The van der Waals surface area contributed by atoms with Crippen LogP contribution in [0.5, 0.6) is 0 Å². The normalized spacial score (nSPS) is 18.1. The topological polar surface area (TPSA) is 94.1 Å². The first-order valence-electron chi connectivity index (χ1n) is 6.36. The van der Waals surface area contributed by atoms with Crippen LogP contribution in [0, 0.1) is 0 Å². The molecular formula is C12H22N2O5S. The van der Waals surface area contributed by atoms with Crippen molar-refractivity contribution in [2.24, 2.45) is 5.16 Å². The molecule has 0 bridgehead atoms. The summed E-state index contributed by atoms with van der Waals surface area (Å²) in [5.41, 5.74) is -1.21. The van der Waals surface area contributed by atoms with Crippen LogP contribution in [0.1, 0.15) is 41.0 Å². The molecule has 1 amide bonds. The van der Waals surface area contributed by atoms with Crippen molar-refractivity contribution in [3.05, 3.63) is 0 Å². The molecule has 0 aromatic heterocycles. The van der Waals surface area contributed by atoms with Crippen molar-refractivity contribution in [1.29, 1.82) is 0 Å². The highest BCUT2D eigenvalue weighted by Crippen LogP contribution is 2.24. The van der Waals surface area contributed by atoms with E-state index in [2.05, 4.69) is 10.5 Å². The van der Waals surface area contributed by atoms with Crippen molar-refractivity contribution < 1.29 is 22.8 Å². The van der Waals surface area contributed by atoms with Crippen LogP contribution in [0.2, 0.25) is 0 Å². The quantitative estimate of drug-likeness (QED) is 0.851. The summed E-state index contributed by atoms with van der Waals surface area (Å²) in [6.07, 6.45) is -0.403. The van der Waals surface area contributed by atoms with Gasteiger partial charge in [-0.1, -0.05) is 5.16 Å². The minimum Gasteiger partial charge on any atom is -0.444 e. The number of rotatable bonds is 3. The highest BCUT2D eigenvalue weighted by molar-refractivity contribution is 8.06. The minimum absolute atomic E-state index is 0.0217. The standard InChI is InChI=1S/C12H22N2O5S/c1-11(2,3)18-10(15)13-6-7-20(16,17)9-8-12(4,5)19-14-9/h6-8H2,1-5H3,(H,13,15). The third-order valence-electron chi connectivity index (χ3n) is 2.37. The second-order valence-electron chi connectivity index (χ2n) is 6.26. The number of nitrogens with one attached hydrogen (secondary N) is 1. The van der Waals surface area contributed by atoms with E-state index in [0.717, 1.165) is 0 Å². The third-order valence-corrected chi connectivity index (χ3v) is 4.05. The van der Waals surface area contributed by atoms with Crippen LogP contribution in [0.3, 0.4) is 0 Å². The number of nitrogens with zero attached hydrogens (tertiary/aromatic N) is 1. The fourth-order valence-corrected chi connectivity index (χ4v) is 2.81. The summed E-state index contributed by atoms with van der Waals surface area (Å²) in [4.78, 5) is 16.4. The molecule has 0 saturated heterocycles. The van der Waals surface area contributed by atoms with Crippen molar-refractivity contribution in [2.45, 2.75) is 52.2 Å². The predicted molar refractivity (Wildman–Crippen MR) is 75.2 cm³/mol. The highest BCUT2D eigenvalue weighted by atomic mass is 32.2. The van der Waals surface area contributed by atoms with Crippen LogP contribution in [-0.4, -0.2) is 43.1 Å². The van der Waals surface area contributed by atoms with Gasteiger partial charge in [0.15, 0.2) is 14.9 Å². The van der Waals surface area contributed by atoms with Gasteiger partial charge < -0.3 is 14.9 Å². The second-order valence-corrected chi connectivity index (χ2v) is 8.37. The third kappa shape index (κ3) is 5.36. The number of hydrogen-bond donors (Lipinski definition) is 1. The fraction of sp³-hybridized carbons (Fsp3) is 0.833. The SMILES string of the molecule is CC(C)(C)OC(=O)NCCS(=O)(=O)C1=NOC(C)(C)C1. The van der Waals surface area contributed by atoms with Gasteiger partial charge in [-0.05, 0) is 34.6 Å². The molecule has 116 valence electrons. The maximum absolute atomic E-state index is 12.0. The van der Waals surface area contributed by atoms with Gasteiger partial charge in [-0.25, -0.2) is 13.2 Å². The average Bonchev–Trinajstić information content (AvgIpc) is 2.56. The Morgan fingerprint density at radius 2 is 2.05 bits per heavy atom. The molecule has 20 heavy (non-hydrogen) atoms. The molecule has 1 aliphatic rings. The Bertz CT molecular complexity index is 502. The molecule has 8 heteroatoms. The van der Waals surface area contributed by atoms with Crippen LogP contribution in [0.4, 0.5) is 4.79 Å². The molecule has 1 N–H and O–H groups in total. The molecule has 7 nitrogen and oxygen atoms in total. The first kappa shape index (κ1) is 16.7. The van der Waals surface area contributed by atoms with Gasteiger partial charge in [0.2, 0.25) is 0 Å². The van der Waals surface area contributed by atoms with Crippen LogP contribution < -0.4 is 5.32 Å². The summed E-state index contributed by atoms with van der Waals surface area (Å²) in [6.45, 7) is 8.69. The minimum atomic E-state index is -3.52. The van der Waals surface area contributed by atoms with Crippen LogP contribution in [-0.2, 0) is 19.4 Å². The largest absolute Gasteiger partial charge is 0.444 e. The number of sulfone groups is 1. The molecule has 0 atom stereocenters. The lowest BCUT2D eigenvalue weighted by Gasteiger charge is -2.19. The maximum Gasteiger partial charge on any atom is 0.407 e. The van der Waals surface area contributed by atoms with E-state index in [9.17, 15) is 13.2 Å². The summed E-state index contributed by atoms with van der Waals surface area (Å²) >= 11 is 0. The molecule has 0 aromatic rings. The molecule has 0 aliphatic carbocycles. The van der Waals surface area contributed by atoms with E-state index in [4.69, 9.17) is 9.57 Å². The smallest absolute Gasteiger partial charge is 0.407 e. The van der Waals surface area contributed by atoms with E-state index in [1.54, 1.807) is 34.6 Å². The van der Waals surface area contributed by atoms with Gasteiger partial charge in [0.1, 0.15) is 11.2 Å². The molecular weight excluding hydrogens is 284 g/mol. The van der Waals surface area contributed by atoms with Gasteiger partial charge in [-0.2, -0.15) is 0 Å². The zero-order valence-electron chi connectivity index (χ0n) is 12.5. The molecule has 1 heterocycles. The molecule has 1 rings (SSSR count). The first-order valence-corrected chi connectivity index (χ1v) is 8.01. The lowest BCUT2D eigenvalue weighted by Crippen LogP contribution is -2.36. The van der Waals surface area contributed by atoms with Gasteiger partial charge in [0.05, 0.1) is 5.75 Å². The summed E-state index contributed by atoms with van der Waals surface area (Å²) in [7, 11) is -3.52. The zero-order chi connectivity index (χ0) is 15.6. The summed E-state index contributed by atoms with van der Waals surface area (Å²) < 4.78 is 29.0. The van der Waals surface area contributed by atoms with Crippen LogP contribution in [0.15, 0.2) is 5.16 Å². The Kier molecular flexibility index (Phi) is 4.68. The monoisotopic (exact) mass is 306 g/mol. The van der Waals surface area contributed by atoms with E-state index >= 15 is 0 Å².